The second-order valence-electron chi connectivity index (χ2n) is 4.16. The molecule has 0 aromatic heterocycles. The lowest BCUT2D eigenvalue weighted by molar-refractivity contribution is -0.117. The van der Waals surface area contributed by atoms with Crippen molar-refractivity contribution in [2.24, 2.45) is 5.92 Å². The van der Waals surface area contributed by atoms with Gasteiger partial charge in [0.25, 0.3) is 0 Å². The second kappa shape index (κ2) is 4.53. The average Bonchev–Trinajstić information content (AvgIpc) is 2.63. The Morgan fingerprint density at radius 1 is 1.56 bits per heavy atom. The van der Waals surface area contributed by atoms with E-state index in [4.69, 9.17) is 0 Å². The molecule has 4 heteroatoms. The highest BCUT2D eigenvalue weighted by Crippen LogP contribution is 2.29. The highest BCUT2D eigenvalue weighted by molar-refractivity contribution is 9.09. The van der Waals surface area contributed by atoms with Gasteiger partial charge in [0.15, 0.2) is 0 Å². The van der Waals surface area contributed by atoms with Crippen molar-refractivity contribution in [1.82, 2.24) is 0 Å². The van der Waals surface area contributed by atoms with Gasteiger partial charge >= 0.3 is 0 Å². The molecule has 0 spiro atoms. The predicted molar refractivity (Wildman–Crippen MR) is 65.4 cm³/mol. The van der Waals surface area contributed by atoms with Gasteiger partial charge in [-0.2, -0.15) is 0 Å². The molecular weight excluding hydrogens is 273 g/mol. The molecule has 1 saturated heterocycles. The molecule has 1 aliphatic heterocycles. The molecule has 1 amide bonds. The highest BCUT2D eigenvalue weighted by Gasteiger charge is 2.30. The van der Waals surface area contributed by atoms with E-state index < -0.39 is 0 Å². The zero-order valence-electron chi connectivity index (χ0n) is 9.04. The van der Waals surface area contributed by atoms with Crippen molar-refractivity contribution < 1.29 is 9.18 Å². The summed E-state index contributed by atoms with van der Waals surface area (Å²) in [4.78, 5) is 13.5. The summed E-state index contributed by atoms with van der Waals surface area (Å²) in [5, 5.41) is 0.809. The minimum absolute atomic E-state index is 0.0816. The molecule has 1 fully saturated rings. The van der Waals surface area contributed by atoms with Gasteiger partial charge in [-0.3, -0.25) is 4.79 Å². The summed E-state index contributed by atoms with van der Waals surface area (Å²) in [6.07, 6.45) is 0.543. The Morgan fingerprint density at radius 3 is 2.94 bits per heavy atom. The minimum atomic E-state index is -0.296. The van der Waals surface area contributed by atoms with Crippen LogP contribution in [0.3, 0.4) is 0 Å². The Hall–Kier alpha value is -0.900. The number of carbonyl (C=O) groups is 1. The lowest BCUT2D eigenvalue weighted by atomic mass is 10.1. The standard InChI is InChI=1S/C12H13BrFNO/c1-8-2-3-10(14)5-11(8)15-7-9(6-13)4-12(15)16/h2-3,5,9H,4,6-7H2,1H3. The summed E-state index contributed by atoms with van der Waals surface area (Å²) < 4.78 is 13.2. The monoisotopic (exact) mass is 285 g/mol. The molecule has 2 nitrogen and oxygen atoms in total. The SMILES string of the molecule is Cc1ccc(F)cc1N1CC(CBr)CC1=O. The number of hydrogen-bond acceptors (Lipinski definition) is 1. The molecular formula is C12H13BrFNO. The van der Waals surface area contributed by atoms with Crippen LogP contribution in [-0.4, -0.2) is 17.8 Å². The van der Waals surface area contributed by atoms with Crippen LogP contribution < -0.4 is 4.90 Å². The van der Waals surface area contributed by atoms with Crippen LogP contribution in [0, 0.1) is 18.7 Å². The molecule has 1 aromatic carbocycles. The van der Waals surface area contributed by atoms with Crippen LogP contribution in [-0.2, 0) is 4.79 Å². The minimum Gasteiger partial charge on any atom is -0.312 e. The first-order valence-electron chi connectivity index (χ1n) is 5.24. The van der Waals surface area contributed by atoms with Gasteiger partial charge in [-0.1, -0.05) is 22.0 Å². The quantitative estimate of drug-likeness (QED) is 0.765. The first kappa shape index (κ1) is 11.6. The van der Waals surface area contributed by atoms with Gasteiger partial charge in [-0.15, -0.1) is 0 Å². The number of aryl methyl sites for hydroxylation is 1. The van der Waals surface area contributed by atoms with E-state index in [0.29, 0.717) is 24.6 Å². The van der Waals surface area contributed by atoms with Crippen molar-refractivity contribution >= 4 is 27.5 Å². The summed E-state index contributed by atoms with van der Waals surface area (Å²) in [5.74, 6) is 0.115. The molecule has 2 rings (SSSR count). The topological polar surface area (TPSA) is 20.3 Å². The van der Waals surface area contributed by atoms with Crippen LogP contribution in [0.15, 0.2) is 18.2 Å². The third-order valence-electron chi connectivity index (χ3n) is 2.89. The maximum Gasteiger partial charge on any atom is 0.227 e. The maximum absolute atomic E-state index is 13.2. The molecule has 1 aromatic rings. The van der Waals surface area contributed by atoms with Gasteiger partial charge in [0.05, 0.1) is 0 Å². The Labute approximate surface area is 103 Å². The van der Waals surface area contributed by atoms with Crippen LogP contribution >= 0.6 is 15.9 Å². The van der Waals surface area contributed by atoms with Gasteiger partial charge in [-0.25, -0.2) is 4.39 Å². The number of hydrogen-bond donors (Lipinski definition) is 0. The predicted octanol–water partition coefficient (Wildman–Crippen LogP) is 2.88. The van der Waals surface area contributed by atoms with Crippen LogP contribution in [0.2, 0.25) is 0 Å². The first-order valence-corrected chi connectivity index (χ1v) is 6.36. The normalized spacial score (nSPS) is 20.6. The van der Waals surface area contributed by atoms with Crippen molar-refractivity contribution in [1.29, 1.82) is 0 Å². The van der Waals surface area contributed by atoms with Gasteiger partial charge in [0.1, 0.15) is 5.82 Å². The van der Waals surface area contributed by atoms with Crippen LogP contribution in [0.4, 0.5) is 10.1 Å². The van der Waals surface area contributed by atoms with Crippen molar-refractivity contribution in [2.75, 3.05) is 16.8 Å². The van der Waals surface area contributed by atoms with Crippen LogP contribution in [0.25, 0.3) is 0 Å². The van der Waals surface area contributed by atoms with E-state index in [0.717, 1.165) is 10.9 Å². The van der Waals surface area contributed by atoms with Crippen molar-refractivity contribution in [3.63, 3.8) is 0 Å². The molecule has 16 heavy (non-hydrogen) atoms. The summed E-state index contributed by atoms with van der Waals surface area (Å²) >= 11 is 3.38. The molecule has 1 heterocycles. The van der Waals surface area contributed by atoms with Crippen molar-refractivity contribution in [3.05, 3.63) is 29.6 Å². The molecule has 0 N–H and O–H groups in total. The number of amides is 1. The summed E-state index contributed by atoms with van der Waals surface area (Å²) in [6, 6.07) is 4.56. The molecule has 1 aliphatic rings. The van der Waals surface area contributed by atoms with Gasteiger partial charge < -0.3 is 4.90 Å². The molecule has 1 atom stereocenters. The molecule has 0 saturated carbocycles. The van der Waals surface area contributed by atoms with E-state index in [-0.39, 0.29) is 11.7 Å². The van der Waals surface area contributed by atoms with E-state index in [1.165, 1.54) is 12.1 Å². The van der Waals surface area contributed by atoms with E-state index in [1.54, 1.807) is 11.0 Å². The number of rotatable bonds is 2. The van der Waals surface area contributed by atoms with Crippen molar-refractivity contribution in [2.45, 2.75) is 13.3 Å². The Morgan fingerprint density at radius 2 is 2.31 bits per heavy atom. The average molecular weight is 286 g/mol. The Bertz CT molecular complexity index is 421. The third kappa shape index (κ3) is 2.12. The van der Waals surface area contributed by atoms with E-state index in [9.17, 15) is 9.18 Å². The maximum atomic E-state index is 13.2. The summed E-state index contributed by atoms with van der Waals surface area (Å²) in [6.45, 7) is 2.57. The fourth-order valence-corrected chi connectivity index (χ4v) is 2.42. The van der Waals surface area contributed by atoms with E-state index in [2.05, 4.69) is 15.9 Å². The molecule has 1 unspecified atom stereocenters. The Balaban J connectivity index is 2.30. The van der Waals surface area contributed by atoms with E-state index >= 15 is 0 Å². The lowest BCUT2D eigenvalue weighted by Crippen LogP contribution is -2.25. The highest BCUT2D eigenvalue weighted by atomic mass is 79.9. The number of nitrogens with zero attached hydrogens (tertiary/aromatic N) is 1. The second-order valence-corrected chi connectivity index (χ2v) is 4.81. The molecule has 0 radical (unpaired) electrons. The fourth-order valence-electron chi connectivity index (χ4n) is 1.99. The molecule has 0 aliphatic carbocycles. The summed E-state index contributed by atoms with van der Waals surface area (Å²) in [7, 11) is 0. The number of anilines is 1. The Kier molecular flexibility index (Phi) is 3.28. The van der Waals surface area contributed by atoms with E-state index in [1.807, 2.05) is 6.92 Å². The first-order chi connectivity index (χ1) is 7.61. The zero-order valence-corrected chi connectivity index (χ0v) is 10.6. The van der Waals surface area contributed by atoms with Gasteiger partial charge in [0, 0.05) is 24.0 Å². The fraction of sp³-hybridized carbons (Fsp3) is 0.417. The lowest BCUT2D eigenvalue weighted by Gasteiger charge is -2.18. The smallest absolute Gasteiger partial charge is 0.227 e. The van der Waals surface area contributed by atoms with Gasteiger partial charge in [0.2, 0.25) is 5.91 Å². The van der Waals surface area contributed by atoms with Crippen LogP contribution in [0.5, 0.6) is 0 Å². The number of alkyl halides is 1. The number of benzene rings is 1. The van der Waals surface area contributed by atoms with Crippen molar-refractivity contribution in [3.8, 4) is 0 Å². The number of carbonyl (C=O) groups excluding carboxylic acids is 1. The molecule has 86 valence electrons. The van der Waals surface area contributed by atoms with Crippen LogP contribution in [0.1, 0.15) is 12.0 Å². The summed E-state index contributed by atoms with van der Waals surface area (Å²) in [5.41, 5.74) is 1.64. The number of halogens is 2. The molecule has 0 bridgehead atoms. The zero-order chi connectivity index (χ0) is 11.7. The largest absolute Gasteiger partial charge is 0.312 e. The third-order valence-corrected chi connectivity index (χ3v) is 3.80. The van der Waals surface area contributed by atoms with Gasteiger partial charge in [-0.05, 0) is 30.5 Å².